The summed E-state index contributed by atoms with van der Waals surface area (Å²) in [5.74, 6) is 0.0748. The van der Waals surface area contributed by atoms with Gasteiger partial charge in [0.05, 0.1) is 31.6 Å². The number of ether oxygens (including phenoxy) is 2. The number of fused-ring (bicyclic) bond motifs is 1. The first-order valence-electron chi connectivity index (χ1n) is 9.07. The Labute approximate surface area is 161 Å². The van der Waals surface area contributed by atoms with Crippen molar-refractivity contribution in [3.05, 3.63) is 48.2 Å². The molecule has 1 spiro atoms. The highest BCUT2D eigenvalue weighted by atomic mass is 16.5. The largest absolute Gasteiger partial charge is 0.497 e. The van der Waals surface area contributed by atoms with Crippen LogP contribution in [0.15, 0.2) is 47.0 Å². The van der Waals surface area contributed by atoms with Gasteiger partial charge in [-0.25, -0.2) is 0 Å². The van der Waals surface area contributed by atoms with Gasteiger partial charge in [0.25, 0.3) is 0 Å². The van der Waals surface area contributed by atoms with Gasteiger partial charge < -0.3 is 19.3 Å². The van der Waals surface area contributed by atoms with E-state index in [1.165, 1.54) is 0 Å². The molecule has 2 bridgehead atoms. The average Bonchev–Trinajstić information content (AvgIpc) is 3.43. The molecular weight excluding hydrogens is 362 g/mol. The molecule has 3 aliphatic heterocycles. The molecule has 2 saturated heterocycles. The molecule has 3 aliphatic rings. The molecule has 0 aliphatic carbocycles. The van der Waals surface area contributed by atoms with E-state index < -0.39 is 23.5 Å². The molecule has 28 heavy (non-hydrogen) atoms. The molecule has 8 heteroatoms. The Hall–Kier alpha value is -3.13. The lowest BCUT2D eigenvalue weighted by Gasteiger charge is -2.23. The second-order valence-electron chi connectivity index (χ2n) is 7.34. The minimum atomic E-state index is -0.801. The van der Waals surface area contributed by atoms with Crippen LogP contribution in [0.25, 0.3) is 0 Å². The van der Waals surface area contributed by atoms with Crippen LogP contribution in [0.5, 0.6) is 5.75 Å². The topological polar surface area (TPSA) is 93.9 Å². The van der Waals surface area contributed by atoms with Gasteiger partial charge in [0, 0.05) is 17.8 Å². The molecule has 0 unspecified atom stereocenters. The van der Waals surface area contributed by atoms with Crippen molar-refractivity contribution in [2.45, 2.75) is 18.6 Å². The molecule has 0 saturated carbocycles. The molecule has 1 aromatic carbocycles. The number of carbonyl (C=O) groups excluding carboxylic acids is 2. The molecule has 0 radical (unpaired) electrons. The van der Waals surface area contributed by atoms with E-state index in [1.54, 1.807) is 49.3 Å². The predicted molar refractivity (Wildman–Crippen MR) is 98.9 cm³/mol. The van der Waals surface area contributed by atoms with Crippen LogP contribution in [0.3, 0.4) is 0 Å². The summed E-state index contributed by atoms with van der Waals surface area (Å²) >= 11 is 0. The minimum absolute atomic E-state index is 0.175. The number of hydrogen-bond donors (Lipinski definition) is 1. The smallest absolute Gasteiger partial charge is 0.235 e. The molecule has 8 nitrogen and oxygen atoms in total. The number of anilines is 2. The van der Waals surface area contributed by atoms with Crippen molar-refractivity contribution in [3.8, 4) is 5.75 Å². The van der Waals surface area contributed by atoms with Gasteiger partial charge in [-0.05, 0) is 19.1 Å². The third-order valence-electron chi connectivity index (χ3n) is 5.63. The second-order valence-corrected chi connectivity index (χ2v) is 7.34. The fourth-order valence-electron chi connectivity index (χ4n) is 4.40. The SMILES string of the molecule is COc1cccc(NC(=O)[C@@H]2[C@H]3C=C[C@]4(CN(c5cc(C)on5)C(=O)[C@@H]24)O3)c1. The van der Waals surface area contributed by atoms with Gasteiger partial charge in [-0.1, -0.05) is 23.4 Å². The molecule has 5 rings (SSSR count). The van der Waals surface area contributed by atoms with Crippen LogP contribution in [-0.2, 0) is 14.3 Å². The van der Waals surface area contributed by atoms with Crippen LogP contribution in [-0.4, -0.2) is 42.3 Å². The van der Waals surface area contributed by atoms with Crippen LogP contribution in [0, 0.1) is 18.8 Å². The first-order chi connectivity index (χ1) is 13.5. The van der Waals surface area contributed by atoms with E-state index in [0.29, 0.717) is 29.6 Å². The number of hydrogen-bond acceptors (Lipinski definition) is 6. The van der Waals surface area contributed by atoms with Gasteiger partial charge in [0.1, 0.15) is 17.1 Å². The summed E-state index contributed by atoms with van der Waals surface area (Å²) in [5.41, 5.74) is -0.190. The predicted octanol–water partition coefficient (Wildman–Crippen LogP) is 1.92. The van der Waals surface area contributed by atoms with Crippen molar-refractivity contribution < 1.29 is 23.6 Å². The maximum absolute atomic E-state index is 13.2. The second kappa shape index (κ2) is 5.93. The standard InChI is InChI=1S/C20H19N3O5/c1-11-8-15(22-28-11)23-10-20-7-6-14(27-20)16(17(20)19(23)25)18(24)21-12-4-3-5-13(9-12)26-2/h3-9,14,16-17H,10H2,1-2H3,(H,21,24)/t14-,16-,17-,20-/m1/s1. The monoisotopic (exact) mass is 381 g/mol. The molecule has 4 heterocycles. The molecule has 2 fully saturated rings. The third-order valence-corrected chi connectivity index (χ3v) is 5.63. The summed E-state index contributed by atoms with van der Waals surface area (Å²) in [6.07, 6.45) is 3.36. The quantitative estimate of drug-likeness (QED) is 0.814. The Bertz CT molecular complexity index is 999. The van der Waals surface area contributed by atoms with Crippen molar-refractivity contribution in [1.29, 1.82) is 0 Å². The van der Waals surface area contributed by atoms with Crippen LogP contribution in [0.2, 0.25) is 0 Å². The summed E-state index contributed by atoms with van der Waals surface area (Å²) in [6, 6.07) is 8.81. The fraction of sp³-hybridized carbons (Fsp3) is 0.350. The van der Waals surface area contributed by atoms with Gasteiger partial charge in [0.15, 0.2) is 5.82 Å². The van der Waals surface area contributed by atoms with E-state index in [-0.39, 0.29) is 11.8 Å². The Morgan fingerprint density at radius 3 is 3.00 bits per heavy atom. The van der Waals surface area contributed by atoms with Crippen LogP contribution in [0.4, 0.5) is 11.5 Å². The van der Waals surface area contributed by atoms with E-state index in [9.17, 15) is 9.59 Å². The Kier molecular flexibility index (Phi) is 3.60. The van der Waals surface area contributed by atoms with E-state index >= 15 is 0 Å². The van der Waals surface area contributed by atoms with Crippen LogP contribution < -0.4 is 15.0 Å². The van der Waals surface area contributed by atoms with Gasteiger partial charge in [-0.2, -0.15) is 0 Å². The summed E-state index contributed by atoms with van der Waals surface area (Å²) < 4.78 is 16.4. The fourth-order valence-corrected chi connectivity index (χ4v) is 4.40. The Morgan fingerprint density at radius 1 is 1.39 bits per heavy atom. The summed E-state index contributed by atoms with van der Waals surface area (Å²) in [5, 5.41) is 6.84. The van der Waals surface area contributed by atoms with E-state index in [0.717, 1.165) is 0 Å². The number of methoxy groups -OCH3 is 1. The highest BCUT2D eigenvalue weighted by molar-refractivity contribution is 6.05. The molecule has 1 aromatic heterocycles. The minimum Gasteiger partial charge on any atom is -0.497 e. The van der Waals surface area contributed by atoms with Crippen molar-refractivity contribution in [2.75, 3.05) is 23.9 Å². The molecule has 1 N–H and O–H groups in total. The van der Waals surface area contributed by atoms with E-state index in [1.807, 2.05) is 12.2 Å². The molecular formula is C20H19N3O5. The number of aromatic nitrogens is 1. The zero-order chi connectivity index (χ0) is 19.5. The number of nitrogens with one attached hydrogen (secondary N) is 1. The zero-order valence-corrected chi connectivity index (χ0v) is 15.4. The van der Waals surface area contributed by atoms with Crippen LogP contribution >= 0.6 is 0 Å². The van der Waals surface area contributed by atoms with Gasteiger partial charge >= 0.3 is 0 Å². The molecule has 4 atom stereocenters. The summed E-state index contributed by atoms with van der Waals surface area (Å²) in [4.78, 5) is 27.8. The average molecular weight is 381 g/mol. The molecule has 2 amide bonds. The highest BCUT2D eigenvalue weighted by Gasteiger charge is 2.67. The van der Waals surface area contributed by atoms with Crippen molar-refractivity contribution in [3.63, 3.8) is 0 Å². The molecule has 144 valence electrons. The van der Waals surface area contributed by atoms with Crippen LogP contribution in [0.1, 0.15) is 5.76 Å². The summed E-state index contributed by atoms with van der Waals surface area (Å²) in [6.45, 7) is 2.08. The Balaban J connectivity index is 1.42. The highest BCUT2D eigenvalue weighted by Crippen LogP contribution is 2.52. The lowest BCUT2D eigenvalue weighted by atomic mass is 9.77. The summed E-state index contributed by atoms with van der Waals surface area (Å²) in [7, 11) is 1.57. The Morgan fingerprint density at radius 2 is 2.25 bits per heavy atom. The number of benzene rings is 1. The van der Waals surface area contributed by atoms with Crippen molar-refractivity contribution in [1.82, 2.24) is 5.16 Å². The number of nitrogens with zero attached hydrogens (tertiary/aromatic N) is 2. The maximum Gasteiger partial charge on any atom is 0.235 e. The number of rotatable bonds is 4. The lowest BCUT2D eigenvalue weighted by molar-refractivity contribution is -0.128. The number of amides is 2. The van der Waals surface area contributed by atoms with E-state index in [2.05, 4.69) is 10.5 Å². The normalized spacial score (nSPS) is 30.0. The van der Waals surface area contributed by atoms with E-state index in [4.69, 9.17) is 14.0 Å². The van der Waals surface area contributed by atoms with Gasteiger partial charge in [0.2, 0.25) is 11.8 Å². The maximum atomic E-state index is 13.2. The van der Waals surface area contributed by atoms with Gasteiger partial charge in [-0.15, -0.1) is 0 Å². The molecule has 2 aromatic rings. The zero-order valence-electron chi connectivity index (χ0n) is 15.4. The van der Waals surface area contributed by atoms with Crippen molar-refractivity contribution in [2.24, 2.45) is 11.8 Å². The number of aryl methyl sites for hydroxylation is 1. The third kappa shape index (κ3) is 2.37. The van der Waals surface area contributed by atoms with Gasteiger partial charge in [-0.3, -0.25) is 14.5 Å². The lowest BCUT2D eigenvalue weighted by Crippen LogP contribution is -2.41. The number of carbonyl (C=O) groups is 2. The first kappa shape index (κ1) is 17.0. The first-order valence-corrected chi connectivity index (χ1v) is 9.07. The van der Waals surface area contributed by atoms with Crippen molar-refractivity contribution >= 4 is 23.3 Å².